The van der Waals surface area contributed by atoms with Crippen LogP contribution in [0.2, 0.25) is 5.02 Å². The van der Waals surface area contributed by atoms with Crippen molar-refractivity contribution in [1.29, 1.82) is 0 Å². The van der Waals surface area contributed by atoms with Crippen molar-refractivity contribution in [2.75, 3.05) is 0 Å². The van der Waals surface area contributed by atoms with E-state index in [0.29, 0.717) is 10.8 Å². The van der Waals surface area contributed by atoms with Crippen LogP contribution in [0.25, 0.3) is 0 Å². The first-order chi connectivity index (χ1) is 8.58. The fourth-order valence-corrected chi connectivity index (χ4v) is 2.51. The second-order valence-electron chi connectivity index (χ2n) is 4.99. The molecule has 0 saturated heterocycles. The van der Waals surface area contributed by atoms with Gasteiger partial charge in [-0.25, -0.2) is 0 Å². The topological polar surface area (TPSA) is 55.5 Å². The van der Waals surface area contributed by atoms with Crippen LogP contribution >= 0.6 is 11.6 Å². The van der Waals surface area contributed by atoms with Crippen molar-refractivity contribution >= 4 is 11.6 Å². The summed E-state index contributed by atoms with van der Waals surface area (Å²) >= 11 is 6.18. The van der Waals surface area contributed by atoms with E-state index in [9.17, 15) is 5.11 Å². The van der Waals surface area contributed by atoms with Gasteiger partial charge in [0.05, 0.1) is 11.1 Å². The van der Waals surface area contributed by atoms with Crippen LogP contribution in [0.1, 0.15) is 44.2 Å². The predicted molar refractivity (Wildman–Crippen MR) is 72.9 cm³/mol. The van der Waals surface area contributed by atoms with E-state index in [2.05, 4.69) is 0 Å². The van der Waals surface area contributed by atoms with Gasteiger partial charge in [-0.2, -0.15) is 0 Å². The Labute approximate surface area is 113 Å². The Morgan fingerprint density at radius 2 is 2.11 bits per heavy atom. The van der Waals surface area contributed by atoms with Crippen LogP contribution in [0.4, 0.5) is 0 Å². The Kier molecular flexibility index (Phi) is 4.49. The first-order valence-corrected chi connectivity index (χ1v) is 6.85. The molecule has 100 valence electrons. The molecule has 0 radical (unpaired) electrons. The molecule has 0 aromatic heterocycles. The molecule has 18 heavy (non-hydrogen) atoms. The minimum atomic E-state index is -0.386. The van der Waals surface area contributed by atoms with Crippen molar-refractivity contribution in [1.82, 2.24) is 0 Å². The van der Waals surface area contributed by atoms with Crippen LogP contribution < -0.4 is 10.5 Å². The molecular formula is C14H20ClNO2. The smallest absolute Gasteiger partial charge is 0.138 e. The SMILES string of the molecule is CC(N)c1ccc(OC2CCCCC2O)c(Cl)c1. The quantitative estimate of drug-likeness (QED) is 0.887. The summed E-state index contributed by atoms with van der Waals surface area (Å²) < 4.78 is 5.81. The van der Waals surface area contributed by atoms with Gasteiger partial charge < -0.3 is 15.6 Å². The standard InChI is InChI=1S/C14H20ClNO2/c1-9(16)10-6-7-13(11(15)8-10)18-14-5-3-2-4-12(14)17/h6-9,12,14,17H,2-5,16H2,1H3. The largest absolute Gasteiger partial charge is 0.486 e. The summed E-state index contributed by atoms with van der Waals surface area (Å²) in [5.41, 5.74) is 6.78. The minimum absolute atomic E-state index is 0.0446. The highest BCUT2D eigenvalue weighted by Gasteiger charge is 2.25. The van der Waals surface area contributed by atoms with Gasteiger partial charge in [0.1, 0.15) is 11.9 Å². The lowest BCUT2D eigenvalue weighted by atomic mass is 9.95. The van der Waals surface area contributed by atoms with Gasteiger partial charge in [-0.3, -0.25) is 0 Å². The van der Waals surface area contributed by atoms with Gasteiger partial charge in [0.2, 0.25) is 0 Å². The van der Waals surface area contributed by atoms with Crippen LogP contribution in [-0.2, 0) is 0 Å². The van der Waals surface area contributed by atoms with Crippen LogP contribution in [0.15, 0.2) is 18.2 Å². The van der Waals surface area contributed by atoms with Crippen molar-refractivity contribution in [3.05, 3.63) is 28.8 Å². The molecule has 1 aromatic rings. The van der Waals surface area contributed by atoms with Gasteiger partial charge in [-0.15, -0.1) is 0 Å². The first-order valence-electron chi connectivity index (χ1n) is 6.47. The van der Waals surface area contributed by atoms with E-state index >= 15 is 0 Å². The van der Waals surface area contributed by atoms with E-state index in [-0.39, 0.29) is 18.2 Å². The fourth-order valence-electron chi connectivity index (χ4n) is 2.27. The number of nitrogens with two attached hydrogens (primary N) is 1. The summed E-state index contributed by atoms with van der Waals surface area (Å²) in [6.45, 7) is 1.91. The van der Waals surface area contributed by atoms with Crippen LogP contribution in [0.3, 0.4) is 0 Å². The normalized spacial score (nSPS) is 25.8. The molecule has 2 rings (SSSR count). The molecule has 3 atom stereocenters. The zero-order valence-electron chi connectivity index (χ0n) is 10.6. The van der Waals surface area contributed by atoms with Crippen LogP contribution in [0.5, 0.6) is 5.75 Å². The lowest BCUT2D eigenvalue weighted by molar-refractivity contribution is 0.00692. The van der Waals surface area contributed by atoms with E-state index in [1.54, 1.807) is 0 Å². The number of aliphatic hydroxyl groups is 1. The third-order valence-electron chi connectivity index (χ3n) is 3.43. The maximum atomic E-state index is 9.88. The molecular weight excluding hydrogens is 250 g/mol. The molecule has 1 aromatic carbocycles. The van der Waals surface area contributed by atoms with Crippen molar-refractivity contribution in [3.63, 3.8) is 0 Å². The third-order valence-corrected chi connectivity index (χ3v) is 3.72. The Morgan fingerprint density at radius 3 is 2.72 bits per heavy atom. The number of rotatable bonds is 3. The molecule has 0 heterocycles. The van der Waals surface area contributed by atoms with E-state index in [4.69, 9.17) is 22.1 Å². The molecule has 3 N–H and O–H groups in total. The Bertz CT molecular complexity index is 409. The second kappa shape index (κ2) is 5.91. The van der Waals surface area contributed by atoms with E-state index in [1.807, 2.05) is 25.1 Å². The van der Waals surface area contributed by atoms with Crippen molar-refractivity contribution in [2.45, 2.75) is 50.9 Å². The highest BCUT2D eigenvalue weighted by Crippen LogP contribution is 2.31. The van der Waals surface area contributed by atoms with Crippen molar-refractivity contribution in [2.24, 2.45) is 5.73 Å². The molecule has 3 unspecified atom stereocenters. The average molecular weight is 270 g/mol. The summed E-state index contributed by atoms with van der Waals surface area (Å²) in [4.78, 5) is 0. The molecule has 0 bridgehead atoms. The summed E-state index contributed by atoms with van der Waals surface area (Å²) in [7, 11) is 0. The molecule has 1 aliphatic rings. The number of aliphatic hydroxyl groups excluding tert-OH is 1. The van der Waals surface area contributed by atoms with Gasteiger partial charge in [0, 0.05) is 6.04 Å². The number of benzene rings is 1. The lowest BCUT2D eigenvalue weighted by Crippen LogP contribution is -2.34. The van der Waals surface area contributed by atoms with Gasteiger partial charge in [0.25, 0.3) is 0 Å². The summed E-state index contributed by atoms with van der Waals surface area (Å²) in [5, 5.41) is 10.4. The molecule has 0 amide bonds. The number of ether oxygens (including phenoxy) is 1. The van der Waals surface area contributed by atoms with Crippen molar-refractivity contribution < 1.29 is 9.84 Å². The summed E-state index contributed by atoms with van der Waals surface area (Å²) in [6, 6.07) is 5.54. The lowest BCUT2D eigenvalue weighted by Gasteiger charge is -2.28. The summed E-state index contributed by atoms with van der Waals surface area (Å²) in [6.07, 6.45) is 3.32. The van der Waals surface area contributed by atoms with E-state index in [0.717, 1.165) is 31.2 Å². The maximum Gasteiger partial charge on any atom is 0.138 e. The zero-order valence-corrected chi connectivity index (χ0v) is 11.4. The zero-order chi connectivity index (χ0) is 13.1. The van der Waals surface area contributed by atoms with Crippen molar-refractivity contribution in [3.8, 4) is 5.75 Å². The summed E-state index contributed by atoms with van der Waals surface area (Å²) in [5.74, 6) is 0.631. The second-order valence-corrected chi connectivity index (χ2v) is 5.39. The third kappa shape index (κ3) is 3.16. The first kappa shape index (κ1) is 13.7. The molecule has 0 aliphatic heterocycles. The molecule has 1 aliphatic carbocycles. The van der Waals surface area contributed by atoms with Crippen LogP contribution in [-0.4, -0.2) is 17.3 Å². The number of hydrogen-bond donors (Lipinski definition) is 2. The predicted octanol–water partition coefficient (Wildman–Crippen LogP) is 3.04. The Balaban J connectivity index is 2.09. The molecule has 3 nitrogen and oxygen atoms in total. The van der Waals surface area contributed by atoms with Gasteiger partial charge in [0.15, 0.2) is 0 Å². The van der Waals surface area contributed by atoms with Gasteiger partial charge in [-0.05, 0) is 43.9 Å². The number of halogens is 1. The van der Waals surface area contributed by atoms with Gasteiger partial charge in [-0.1, -0.05) is 24.1 Å². The Hall–Kier alpha value is -0.770. The highest BCUT2D eigenvalue weighted by molar-refractivity contribution is 6.32. The Morgan fingerprint density at radius 1 is 1.39 bits per heavy atom. The molecule has 0 spiro atoms. The number of hydrogen-bond acceptors (Lipinski definition) is 3. The fraction of sp³-hybridized carbons (Fsp3) is 0.571. The molecule has 4 heteroatoms. The van der Waals surface area contributed by atoms with Crippen LogP contribution in [0, 0.1) is 0 Å². The van der Waals surface area contributed by atoms with Gasteiger partial charge >= 0.3 is 0 Å². The maximum absolute atomic E-state index is 9.88. The van der Waals surface area contributed by atoms with E-state index in [1.165, 1.54) is 0 Å². The molecule has 1 fully saturated rings. The van der Waals surface area contributed by atoms with E-state index < -0.39 is 0 Å². The highest BCUT2D eigenvalue weighted by atomic mass is 35.5. The monoisotopic (exact) mass is 269 g/mol. The minimum Gasteiger partial charge on any atom is -0.486 e. The molecule has 1 saturated carbocycles. The average Bonchev–Trinajstić information content (AvgIpc) is 2.34.